The number of phenols is 1. The van der Waals surface area contributed by atoms with Gasteiger partial charge in [0.2, 0.25) is 15.9 Å². The summed E-state index contributed by atoms with van der Waals surface area (Å²) >= 11 is 0. The topological polar surface area (TPSA) is 95.9 Å². The van der Waals surface area contributed by atoms with Crippen molar-refractivity contribution in [2.45, 2.75) is 37.5 Å². The monoisotopic (exact) mass is 356 g/mol. The summed E-state index contributed by atoms with van der Waals surface area (Å²) in [7, 11) is -3.67. The molecule has 1 fully saturated rings. The van der Waals surface area contributed by atoms with Crippen LogP contribution in [0.1, 0.15) is 32.6 Å². The Balaban J connectivity index is 2.14. The van der Waals surface area contributed by atoms with E-state index in [2.05, 4.69) is 5.32 Å². The van der Waals surface area contributed by atoms with Crippen LogP contribution in [0, 0.1) is 0 Å². The Morgan fingerprint density at radius 3 is 2.67 bits per heavy atom. The number of hydrogen-bond acceptors (Lipinski definition) is 5. The molecule has 1 aliphatic rings. The van der Waals surface area contributed by atoms with Gasteiger partial charge in [0.15, 0.2) is 0 Å². The van der Waals surface area contributed by atoms with Crippen LogP contribution in [0.2, 0.25) is 0 Å². The first-order valence-corrected chi connectivity index (χ1v) is 9.60. The summed E-state index contributed by atoms with van der Waals surface area (Å²) in [5.74, 6) is -0.389. The quantitative estimate of drug-likeness (QED) is 0.575. The van der Waals surface area contributed by atoms with Gasteiger partial charge >= 0.3 is 0 Å². The second-order valence-corrected chi connectivity index (χ2v) is 7.64. The smallest absolute Gasteiger partial charge is 0.243 e. The number of hydrogen-bond donors (Lipinski definition) is 2. The molecular formula is C16H24N2O5S. The van der Waals surface area contributed by atoms with Crippen LogP contribution in [0.5, 0.6) is 5.75 Å². The highest BCUT2D eigenvalue weighted by Crippen LogP contribution is 2.28. The van der Waals surface area contributed by atoms with Gasteiger partial charge in [-0.05, 0) is 24.6 Å². The first-order valence-electron chi connectivity index (χ1n) is 8.16. The second-order valence-electron chi connectivity index (χ2n) is 5.70. The van der Waals surface area contributed by atoms with E-state index in [1.807, 2.05) is 6.92 Å². The van der Waals surface area contributed by atoms with E-state index in [0.717, 1.165) is 19.3 Å². The Bertz CT molecular complexity index is 669. The summed E-state index contributed by atoms with van der Waals surface area (Å²) in [6, 6.07) is 3.93. The van der Waals surface area contributed by atoms with E-state index in [0.29, 0.717) is 32.7 Å². The largest absolute Gasteiger partial charge is 0.506 e. The van der Waals surface area contributed by atoms with E-state index in [4.69, 9.17) is 4.74 Å². The number of ether oxygens (including phenoxy) is 1. The van der Waals surface area contributed by atoms with Crippen molar-refractivity contribution in [1.82, 2.24) is 4.31 Å². The molecule has 0 aromatic heterocycles. The maximum atomic E-state index is 12.6. The fourth-order valence-corrected chi connectivity index (χ4v) is 3.89. The molecule has 1 saturated heterocycles. The standard InChI is InChI=1S/C16H24N2O5S/c1-2-3-4-5-16(20)17-14-12-13(6-7-15(14)19)24(21,22)18-8-10-23-11-9-18/h6-7,12,19H,2-5,8-11H2,1H3,(H,17,20). The molecule has 0 atom stereocenters. The molecule has 8 heteroatoms. The Morgan fingerprint density at radius 2 is 2.00 bits per heavy atom. The highest BCUT2D eigenvalue weighted by Gasteiger charge is 2.27. The third kappa shape index (κ3) is 4.68. The summed E-state index contributed by atoms with van der Waals surface area (Å²) in [4.78, 5) is 12.0. The predicted octanol–water partition coefficient (Wildman–Crippen LogP) is 1.93. The molecule has 1 aliphatic heterocycles. The molecule has 0 unspecified atom stereocenters. The van der Waals surface area contributed by atoms with Gasteiger partial charge in [0.25, 0.3) is 0 Å². The Labute approximate surface area is 142 Å². The maximum absolute atomic E-state index is 12.6. The maximum Gasteiger partial charge on any atom is 0.243 e. The average Bonchev–Trinajstić information content (AvgIpc) is 2.58. The van der Waals surface area contributed by atoms with Crippen LogP contribution in [0.25, 0.3) is 0 Å². The van der Waals surface area contributed by atoms with E-state index < -0.39 is 10.0 Å². The van der Waals surface area contributed by atoms with Gasteiger partial charge in [-0.2, -0.15) is 4.31 Å². The fraction of sp³-hybridized carbons (Fsp3) is 0.562. The third-order valence-corrected chi connectivity index (χ3v) is 5.75. The molecule has 1 aromatic rings. The van der Waals surface area contributed by atoms with Gasteiger partial charge in [-0.25, -0.2) is 8.42 Å². The number of unbranched alkanes of at least 4 members (excludes halogenated alkanes) is 2. The van der Waals surface area contributed by atoms with E-state index >= 15 is 0 Å². The molecule has 0 bridgehead atoms. The average molecular weight is 356 g/mol. The normalized spacial score (nSPS) is 16.0. The minimum Gasteiger partial charge on any atom is -0.506 e. The number of carbonyl (C=O) groups is 1. The first kappa shape index (κ1) is 18.7. The molecular weight excluding hydrogens is 332 g/mol. The number of sulfonamides is 1. The number of phenolic OH excluding ortho intramolecular Hbond substituents is 1. The summed E-state index contributed by atoms with van der Waals surface area (Å²) in [6.45, 7) is 3.35. The van der Waals surface area contributed by atoms with Crippen molar-refractivity contribution < 1.29 is 23.1 Å². The van der Waals surface area contributed by atoms with E-state index in [-0.39, 0.29) is 22.2 Å². The fourth-order valence-electron chi connectivity index (χ4n) is 2.46. The SMILES string of the molecule is CCCCCC(=O)Nc1cc(S(=O)(=O)N2CCOCC2)ccc1O. The van der Waals surface area contributed by atoms with Crippen LogP contribution in [-0.2, 0) is 19.6 Å². The van der Waals surface area contributed by atoms with Crippen molar-refractivity contribution in [2.24, 2.45) is 0 Å². The minimum atomic E-state index is -3.67. The summed E-state index contributed by atoms with van der Waals surface area (Å²) in [6.07, 6.45) is 3.05. The van der Waals surface area contributed by atoms with Crippen molar-refractivity contribution in [3.05, 3.63) is 18.2 Å². The highest BCUT2D eigenvalue weighted by molar-refractivity contribution is 7.89. The zero-order chi connectivity index (χ0) is 17.6. The predicted molar refractivity (Wildman–Crippen MR) is 90.5 cm³/mol. The molecule has 2 rings (SSSR count). The van der Waals surface area contributed by atoms with Crippen LogP contribution in [0.15, 0.2) is 23.1 Å². The summed E-state index contributed by atoms with van der Waals surface area (Å²) in [5.41, 5.74) is 0.117. The lowest BCUT2D eigenvalue weighted by atomic mass is 10.2. The molecule has 0 radical (unpaired) electrons. The molecule has 1 heterocycles. The molecule has 1 amide bonds. The van der Waals surface area contributed by atoms with E-state index in [1.54, 1.807) is 0 Å². The van der Waals surface area contributed by atoms with Gasteiger partial charge in [0, 0.05) is 19.5 Å². The zero-order valence-corrected chi connectivity index (χ0v) is 14.6. The van der Waals surface area contributed by atoms with Crippen LogP contribution in [-0.4, -0.2) is 50.0 Å². The Hall–Kier alpha value is -1.64. The zero-order valence-electron chi connectivity index (χ0n) is 13.8. The molecule has 7 nitrogen and oxygen atoms in total. The molecule has 1 aromatic carbocycles. The second kappa shape index (κ2) is 8.46. The molecule has 0 saturated carbocycles. The number of carbonyl (C=O) groups excluding carboxylic acids is 1. The molecule has 2 N–H and O–H groups in total. The summed E-state index contributed by atoms with van der Waals surface area (Å²) in [5, 5.41) is 12.5. The van der Waals surface area contributed by atoms with Crippen LogP contribution >= 0.6 is 0 Å². The van der Waals surface area contributed by atoms with Gasteiger partial charge in [-0.15, -0.1) is 0 Å². The van der Waals surface area contributed by atoms with Crippen LogP contribution in [0.3, 0.4) is 0 Å². The van der Waals surface area contributed by atoms with Crippen molar-refractivity contribution in [3.8, 4) is 5.75 Å². The number of nitrogens with zero attached hydrogens (tertiary/aromatic N) is 1. The minimum absolute atomic E-state index is 0.0473. The van der Waals surface area contributed by atoms with Gasteiger partial charge < -0.3 is 15.2 Å². The van der Waals surface area contributed by atoms with Crippen molar-refractivity contribution in [3.63, 3.8) is 0 Å². The number of anilines is 1. The van der Waals surface area contributed by atoms with Crippen molar-refractivity contribution in [1.29, 1.82) is 0 Å². The van der Waals surface area contributed by atoms with Crippen molar-refractivity contribution in [2.75, 3.05) is 31.6 Å². The lowest BCUT2D eigenvalue weighted by molar-refractivity contribution is -0.116. The van der Waals surface area contributed by atoms with Crippen LogP contribution < -0.4 is 5.32 Å². The number of benzene rings is 1. The van der Waals surface area contributed by atoms with Crippen LogP contribution in [0.4, 0.5) is 5.69 Å². The third-order valence-electron chi connectivity index (χ3n) is 3.86. The number of nitrogens with one attached hydrogen (secondary N) is 1. The Morgan fingerprint density at radius 1 is 1.29 bits per heavy atom. The molecule has 24 heavy (non-hydrogen) atoms. The van der Waals surface area contributed by atoms with Crippen molar-refractivity contribution >= 4 is 21.6 Å². The number of amides is 1. The number of aromatic hydroxyl groups is 1. The molecule has 0 aliphatic carbocycles. The van der Waals surface area contributed by atoms with Gasteiger partial charge in [-0.1, -0.05) is 19.8 Å². The lowest BCUT2D eigenvalue weighted by Gasteiger charge is -2.26. The first-order chi connectivity index (χ1) is 11.4. The lowest BCUT2D eigenvalue weighted by Crippen LogP contribution is -2.40. The Kier molecular flexibility index (Phi) is 6.59. The number of morpholine rings is 1. The number of rotatable bonds is 7. The van der Waals surface area contributed by atoms with E-state index in [9.17, 15) is 18.3 Å². The molecule has 0 spiro atoms. The van der Waals surface area contributed by atoms with Gasteiger partial charge in [0.05, 0.1) is 23.8 Å². The summed E-state index contributed by atoms with van der Waals surface area (Å²) < 4.78 is 31.8. The molecule has 134 valence electrons. The van der Waals surface area contributed by atoms with E-state index in [1.165, 1.54) is 22.5 Å². The van der Waals surface area contributed by atoms with Gasteiger partial charge in [0.1, 0.15) is 5.75 Å². The highest BCUT2D eigenvalue weighted by atomic mass is 32.2. The van der Waals surface area contributed by atoms with Gasteiger partial charge in [-0.3, -0.25) is 4.79 Å².